The minimum atomic E-state index is -1.70. The minimum Gasteiger partial charge on any atom is -0.277 e. The summed E-state index contributed by atoms with van der Waals surface area (Å²) in [7, 11) is 3.79. The Kier molecular flexibility index (Phi) is 3.41. The Bertz CT molecular complexity index is 278. The lowest BCUT2D eigenvalue weighted by molar-refractivity contribution is 1.16. The Morgan fingerprint density at radius 3 is 2.00 bits per heavy atom. The first kappa shape index (κ1) is 9.87. The summed E-state index contributed by atoms with van der Waals surface area (Å²) in [6, 6.07) is 10.1. The highest BCUT2D eigenvalue weighted by molar-refractivity contribution is 8.16. The molecule has 0 amide bonds. The highest BCUT2D eigenvalue weighted by Gasteiger charge is 2.12. The van der Waals surface area contributed by atoms with Crippen molar-refractivity contribution in [1.82, 2.24) is 10.2 Å². The minimum absolute atomic E-state index is 1.17. The Balaban J connectivity index is 3.04. The molecule has 0 aliphatic carbocycles. The van der Waals surface area contributed by atoms with Crippen LogP contribution in [-0.2, 0) is 11.8 Å². The van der Waals surface area contributed by atoms with Crippen molar-refractivity contribution >= 4 is 23.5 Å². The molecule has 1 aromatic carbocycles. The summed E-state index contributed by atoms with van der Waals surface area (Å²) in [4.78, 5) is 0. The quantitative estimate of drug-likeness (QED) is 0.713. The van der Waals surface area contributed by atoms with Gasteiger partial charge in [-0.15, -0.1) is 0 Å². The van der Waals surface area contributed by atoms with Gasteiger partial charge in [0.2, 0.25) is 0 Å². The van der Waals surface area contributed by atoms with Gasteiger partial charge < -0.3 is 0 Å². The molecule has 0 bridgehead atoms. The van der Waals surface area contributed by atoms with E-state index in [1.165, 1.54) is 5.30 Å². The van der Waals surface area contributed by atoms with E-state index < -0.39 is 6.34 Å². The largest absolute Gasteiger partial charge is 0.277 e. The van der Waals surface area contributed by atoms with Gasteiger partial charge in [-0.1, -0.05) is 42.1 Å². The van der Waals surface area contributed by atoms with E-state index in [0.29, 0.717) is 0 Å². The molecule has 66 valence electrons. The Morgan fingerprint density at radius 2 is 1.58 bits per heavy atom. The first-order valence-corrected chi connectivity index (χ1v) is 6.57. The summed E-state index contributed by atoms with van der Waals surface area (Å²) in [5.41, 5.74) is 0. The third-order valence-corrected chi connectivity index (χ3v) is 5.76. The zero-order valence-corrected chi connectivity index (χ0v) is 8.95. The van der Waals surface area contributed by atoms with Crippen molar-refractivity contribution in [3.05, 3.63) is 30.3 Å². The lowest BCUT2D eigenvalue weighted by Gasteiger charge is -2.20. The smallest absolute Gasteiger partial charge is 0.101 e. The summed E-state index contributed by atoms with van der Waals surface area (Å²) in [6.45, 7) is 0. The van der Waals surface area contributed by atoms with Gasteiger partial charge in [0.1, 0.15) is 6.34 Å². The Morgan fingerprint density at radius 1 is 1.08 bits per heavy atom. The van der Waals surface area contributed by atoms with Gasteiger partial charge in [0.05, 0.1) is 0 Å². The molecule has 0 saturated heterocycles. The van der Waals surface area contributed by atoms with Gasteiger partial charge >= 0.3 is 0 Å². The molecular formula is C8H13N2PS. The maximum atomic E-state index is 5.46. The summed E-state index contributed by atoms with van der Waals surface area (Å²) in [5.74, 6) is 0. The van der Waals surface area contributed by atoms with E-state index in [-0.39, 0.29) is 0 Å². The summed E-state index contributed by atoms with van der Waals surface area (Å²) in [6.07, 6.45) is -1.70. The number of nitrogens with one attached hydrogen (secondary N) is 2. The number of hydrogen-bond acceptors (Lipinski definition) is 1. The average Bonchev–Trinajstić information content (AvgIpc) is 2.18. The van der Waals surface area contributed by atoms with Crippen LogP contribution in [0.1, 0.15) is 0 Å². The van der Waals surface area contributed by atoms with Crippen molar-refractivity contribution < 1.29 is 0 Å². The molecule has 0 aromatic heterocycles. The molecule has 4 heteroatoms. The van der Waals surface area contributed by atoms with Gasteiger partial charge in [0, 0.05) is 5.30 Å². The molecule has 0 radical (unpaired) electrons. The number of benzene rings is 1. The standard InChI is InChI=1S/C8H13N2PS/c1-9-11(12,10-2)8-6-4-3-5-7-8/h3-7H,1-2H3,(H2,9,10,12). The van der Waals surface area contributed by atoms with Crippen molar-refractivity contribution in [2.75, 3.05) is 14.1 Å². The van der Waals surface area contributed by atoms with Crippen LogP contribution in [0.25, 0.3) is 0 Å². The monoisotopic (exact) mass is 200 g/mol. The third-order valence-electron chi connectivity index (χ3n) is 1.75. The van der Waals surface area contributed by atoms with Crippen LogP contribution in [0.3, 0.4) is 0 Å². The van der Waals surface area contributed by atoms with Gasteiger partial charge in [0.25, 0.3) is 0 Å². The van der Waals surface area contributed by atoms with Gasteiger partial charge in [0.15, 0.2) is 0 Å². The van der Waals surface area contributed by atoms with Crippen LogP contribution >= 0.6 is 6.34 Å². The van der Waals surface area contributed by atoms with Crippen LogP contribution in [-0.4, -0.2) is 14.1 Å². The molecule has 0 unspecified atom stereocenters. The molecule has 0 spiro atoms. The van der Waals surface area contributed by atoms with Gasteiger partial charge in [-0.2, -0.15) is 0 Å². The SMILES string of the molecule is CNP(=S)(NC)c1ccccc1. The third kappa shape index (κ3) is 1.93. The molecule has 0 fully saturated rings. The Hall–Kier alpha value is -0.210. The highest BCUT2D eigenvalue weighted by Crippen LogP contribution is 2.32. The van der Waals surface area contributed by atoms with Crippen LogP contribution in [0.15, 0.2) is 30.3 Å². The maximum absolute atomic E-state index is 5.46. The summed E-state index contributed by atoms with van der Waals surface area (Å²) < 4.78 is 0. The molecule has 1 aromatic rings. The number of rotatable bonds is 3. The van der Waals surface area contributed by atoms with E-state index in [0.717, 1.165) is 0 Å². The second-order valence-corrected chi connectivity index (χ2v) is 6.66. The lowest BCUT2D eigenvalue weighted by atomic mass is 10.4. The molecule has 12 heavy (non-hydrogen) atoms. The summed E-state index contributed by atoms with van der Waals surface area (Å²) in [5, 5.41) is 7.49. The fourth-order valence-electron chi connectivity index (χ4n) is 1.01. The van der Waals surface area contributed by atoms with Crippen molar-refractivity contribution in [1.29, 1.82) is 0 Å². The van der Waals surface area contributed by atoms with Crippen LogP contribution in [0.2, 0.25) is 0 Å². The zero-order chi connectivity index (χ0) is 9.03. The summed E-state index contributed by atoms with van der Waals surface area (Å²) >= 11 is 5.46. The van der Waals surface area contributed by atoms with E-state index in [2.05, 4.69) is 10.2 Å². The van der Waals surface area contributed by atoms with E-state index >= 15 is 0 Å². The van der Waals surface area contributed by atoms with Crippen molar-refractivity contribution in [3.8, 4) is 0 Å². The van der Waals surface area contributed by atoms with Crippen LogP contribution in [0.4, 0.5) is 0 Å². The molecule has 0 saturated carbocycles. The first-order valence-electron chi connectivity index (χ1n) is 3.76. The zero-order valence-electron chi connectivity index (χ0n) is 7.24. The molecular weight excluding hydrogens is 187 g/mol. The van der Waals surface area contributed by atoms with Crippen LogP contribution < -0.4 is 15.5 Å². The van der Waals surface area contributed by atoms with E-state index in [1.54, 1.807) is 0 Å². The molecule has 1 rings (SSSR count). The topological polar surface area (TPSA) is 24.1 Å². The first-order chi connectivity index (χ1) is 5.73. The van der Waals surface area contributed by atoms with Gasteiger partial charge in [-0.3, -0.25) is 10.2 Å². The molecule has 0 heterocycles. The molecule has 0 atom stereocenters. The molecule has 0 aliphatic heterocycles. The average molecular weight is 200 g/mol. The van der Waals surface area contributed by atoms with Crippen LogP contribution in [0, 0.1) is 0 Å². The normalized spacial score (nSPS) is 11.5. The maximum Gasteiger partial charge on any atom is 0.101 e. The van der Waals surface area contributed by atoms with Gasteiger partial charge in [-0.25, -0.2) is 0 Å². The fraction of sp³-hybridized carbons (Fsp3) is 0.250. The Labute approximate surface area is 78.5 Å². The number of hydrogen-bond donors (Lipinski definition) is 2. The predicted molar refractivity (Wildman–Crippen MR) is 58.5 cm³/mol. The van der Waals surface area contributed by atoms with E-state index in [4.69, 9.17) is 11.8 Å². The van der Waals surface area contributed by atoms with Crippen molar-refractivity contribution in [3.63, 3.8) is 0 Å². The second kappa shape index (κ2) is 4.15. The molecule has 2 nitrogen and oxygen atoms in total. The lowest BCUT2D eigenvalue weighted by Crippen LogP contribution is -2.24. The van der Waals surface area contributed by atoms with Crippen LogP contribution in [0.5, 0.6) is 0 Å². The molecule has 0 aliphatic rings. The second-order valence-electron chi connectivity index (χ2n) is 2.39. The van der Waals surface area contributed by atoms with E-state index in [1.807, 2.05) is 44.4 Å². The van der Waals surface area contributed by atoms with Crippen molar-refractivity contribution in [2.24, 2.45) is 0 Å². The van der Waals surface area contributed by atoms with E-state index in [9.17, 15) is 0 Å². The van der Waals surface area contributed by atoms with Gasteiger partial charge in [-0.05, 0) is 14.1 Å². The predicted octanol–water partition coefficient (Wildman–Crippen LogP) is 1.06. The molecule has 2 N–H and O–H groups in total. The highest BCUT2D eigenvalue weighted by atomic mass is 32.4. The van der Waals surface area contributed by atoms with Crippen molar-refractivity contribution in [2.45, 2.75) is 0 Å². The fourth-order valence-corrected chi connectivity index (χ4v) is 2.71.